The minimum Gasteiger partial charge on any atom is -0.496 e. The fourth-order valence-corrected chi connectivity index (χ4v) is 2.29. The molecule has 0 radical (unpaired) electrons. The lowest BCUT2D eigenvalue weighted by Crippen LogP contribution is -2.06. The Morgan fingerprint density at radius 3 is 2.45 bits per heavy atom. The maximum Gasteiger partial charge on any atom is 0.129 e. The van der Waals surface area contributed by atoms with Gasteiger partial charge in [0.2, 0.25) is 0 Å². The van der Waals surface area contributed by atoms with Crippen LogP contribution in [0.2, 0.25) is 0 Å². The smallest absolute Gasteiger partial charge is 0.129 e. The van der Waals surface area contributed by atoms with Gasteiger partial charge in [-0.05, 0) is 36.8 Å². The van der Waals surface area contributed by atoms with Crippen LogP contribution >= 0.6 is 15.9 Å². The van der Waals surface area contributed by atoms with Gasteiger partial charge in [-0.3, -0.25) is 0 Å². The Morgan fingerprint density at radius 1 is 1.10 bits per heavy atom. The van der Waals surface area contributed by atoms with Crippen LogP contribution in [0.5, 0.6) is 5.75 Å². The fourth-order valence-electron chi connectivity index (χ4n) is 1.95. The third kappa shape index (κ3) is 2.83. The number of rotatable bonds is 3. The molecule has 0 saturated carbocycles. The second-order valence-corrected chi connectivity index (χ2v) is 5.33. The molecule has 0 amide bonds. The molecule has 2 nitrogen and oxygen atoms in total. The number of methoxy groups -OCH3 is 1. The van der Waals surface area contributed by atoms with Crippen molar-refractivity contribution in [1.82, 2.24) is 0 Å². The van der Waals surface area contributed by atoms with Crippen molar-refractivity contribution in [3.8, 4) is 5.75 Å². The van der Waals surface area contributed by atoms with Gasteiger partial charge in [0, 0.05) is 15.6 Å². The van der Waals surface area contributed by atoms with E-state index in [1.54, 1.807) is 18.2 Å². The molecule has 1 unspecified atom stereocenters. The van der Waals surface area contributed by atoms with E-state index in [0.717, 1.165) is 16.6 Å². The van der Waals surface area contributed by atoms with Gasteiger partial charge < -0.3 is 9.84 Å². The molecule has 106 valence electrons. The first-order valence-electron chi connectivity index (χ1n) is 5.91. The van der Waals surface area contributed by atoms with E-state index in [4.69, 9.17) is 4.74 Å². The second kappa shape index (κ2) is 5.89. The molecule has 0 aliphatic heterocycles. The number of aryl methyl sites for hydroxylation is 1. The number of hydrogen-bond donors (Lipinski definition) is 1. The van der Waals surface area contributed by atoms with E-state index in [1.165, 1.54) is 14.0 Å². The first kappa shape index (κ1) is 14.9. The minimum atomic E-state index is -1.30. The van der Waals surface area contributed by atoms with Gasteiger partial charge >= 0.3 is 0 Å². The predicted molar refractivity (Wildman–Crippen MR) is 75.9 cm³/mol. The largest absolute Gasteiger partial charge is 0.496 e. The maximum absolute atomic E-state index is 13.9. The van der Waals surface area contributed by atoms with Crippen LogP contribution in [0.3, 0.4) is 0 Å². The highest BCUT2D eigenvalue weighted by atomic mass is 79.9. The zero-order valence-electron chi connectivity index (χ0n) is 11.0. The average molecular weight is 343 g/mol. The molecule has 0 aliphatic carbocycles. The highest BCUT2D eigenvalue weighted by Crippen LogP contribution is 2.33. The monoisotopic (exact) mass is 342 g/mol. The van der Waals surface area contributed by atoms with E-state index in [9.17, 15) is 13.9 Å². The number of ether oxygens (including phenoxy) is 1. The van der Waals surface area contributed by atoms with Crippen molar-refractivity contribution in [2.24, 2.45) is 0 Å². The summed E-state index contributed by atoms with van der Waals surface area (Å²) in [6, 6.07) is 7.03. The molecule has 2 aromatic rings. The van der Waals surface area contributed by atoms with E-state index < -0.39 is 17.7 Å². The summed E-state index contributed by atoms with van der Waals surface area (Å²) in [5.74, 6) is -0.815. The normalized spacial score (nSPS) is 12.3. The third-order valence-corrected chi connectivity index (χ3v) is 3.56. The quantitative estimate of drug-likeness (QED) is 0.908. The Bertz CT molecular complexity index is 644. The van der Waals surface area contributed by atoms with Gasteiger partial charge in [-0.25, -0.2) is 8.78 Å². The van der Waals surface area contributed by atoms with Crippen LogP contribution in [0.4, 0.5) is 8.78 Å². The summed E-state index contributed by atoms with van der Waals surface area (Å²) in [4.78, 5) is 0. The molecular formula is C15H13BrF2O2. The highest BCUT2D eigenvalue weighted by molar-refractivity contribution is 9.10. The zero-order chi connectivity index (χ0) is 14.9. The van der Waals surface area contributed by atoms with Crippen molar-refractivity contribution >= 4 is 15.9 Å². The number of aliphatic hydroxyl groups excluding tert-OH is 1. The topological polar surface area (TPSA) is 29.5 Å². The standard InChI is InChI=1S/C15H13BrF2O2/c1-8-5-13(18)11(7-12(8)17)15(19)10-4-3-9(16)6-14(10)20-2/h3-7,15,19H,1-2H3. The van der Waals surface area contributed by atoms with Crippen molar-refractivity contribution < 1.29 is 18.6 Å². The van der Waals surface area contributed by atoms with Crippen molar-refractivity contribution in [2.75, 3.05) is 7.11 Å². The van der Waals surface area contributed by atoms with Gasteiger partial charge in [0.05, 0.1) is 7.11 Å². The molecular weight excluding hydrogens is 330 g/mol. The molecule has 0 bridgehead atoms. The molecule has 0 spiro atoms. The van der Waals surface area contributed by atoms with Gasteiger partial charge in [-0.15, -0.1) is 0 Å². The maximum atomic E-state index is 13.9. The van der Waals surface area contributed by atoms with Crippen LogP contribution < -0.4 is 4.74 Å². The first-order chi connectivity index (χ1) is 9.43. The van der Waals surface area contributed by atoms with Crippen LogP contribution in [0.15, 0.2) is 34.8 Å². The predicted octanol–water partition coefficient (Wildman–Crippen LogP) is 4.13. The molecule has 1 atom stereocenters. The summed E-state index contributed by atoms with van der Waals surface area (Å²) in [7, 11) is 1.45. The van der Waals surface area contributed by atoms with Crippen molar-refractivity contribution in [3.63, 3.8) is 0 Å². The number of aliphatic hydroxyl groups is 1. The minimum absolute atomic E-state index is 0.117. The number of halogens is 3. The number of benzene rings is 2. The van der Waals surface area contributed by atoms with Crippen LogP contribution in [0, 0.1) is 18.6 Å². The lowest BCUT2D eigenvalue weighted by atomic mass is 9.99. The molecule has 0 saturated heterocycles. The molecule has 0 heterocycles. The summed E-state index contributed by atoms with van der Waals surface area (Å²) in [5.41, 5.74) is 0.452. The van der Waals surface area contributed by atoms with Gasteiger partial charge in [0.25, 0.3) is 0 Å². The Kier molecular flexibility index (Phi) is 4.40. The van der Waals surface area contributed by atoms with Crippen LogP contribution in [0.1, 0.15) is 22.8 Å². The molecule has 2 aromatic carbocycles. The van der Waals surface area contributed by atoms with E-state index in [2.05, 4.69) is 15.9 Å². The van der Waals surface area contributed by atoms with Gasteiger partial charge in [-0.2, -0.15) is 0 Å². The Balaban J connectivity index is 2.51. The summed E-state index contributed by atoms with van der Waals surface area (Å²) in [6.07, 6.45) is -1.30. The first-order valence-corrected chi connectivity index (χ1v) is 6.70. The molecule has 5 heteroatoms. The Labute approximate surface area is 124 Å². The average Bonchev–Trinajstić information content (AvgIpc) is 2.42. The molecule has 2 rings (SSSR count). The SMILES string of the molecule is COc1cc(Br)ccc1C(O)c1cc(F)c(C)cc1F. The fraction of sp³-hybridized carbons (Fsp3) is 0.200. The summed E-state index contributed by atoms with van der Waals surface area (Å²) < 4.78 is 33.4. The summed E-state index contributed by atoms with van der Waals surface area (Å²) in [5, 5.41) is 10.3. The van der Waals surface area contributed by atoms with E-state index >= 15 is 0 Å². The molecule has 0 fully saturated rings. The van der Waals surface area contributed by atoms with E-state index in [0.29, 0.717) is 11.3 Å². The van der Waals surface area contributed by atoms with Crippen molar-refractivity contribution in [1.29, 1.82) is 0 Å². The molecule has 0 aromatic heterocycles. The summed E-state index contributed by atoms with van der Waals surface area (Å²) in [6.45, 7) is 1.47. The van der Waals surface area contributed by atoms with Gasteiger partial charge in [-0.1, -0.05) is 22.0 Å². The lowest BCUT2D eigenvalue weighted by Gasteiger charge is -2.16. The zero-order valence-corrected chi connectivity index (χ0v) is 12.5. The van der Waals surface area contributed by atoms with Crippen LogP contribution in [-0.4, -0.2) is 12.2 Å². The Morgan fingerprint density at radius 2 is 1.80 bits per heavy atom. The third-order valence-electron chi connectivity index (χ3n) is 3.06. The molecule has 1 N–H and O–H groups in total. The molecule has 0 aliphatic rings. The van der Waals surface area contributed by atoms with Crippen LogP contribution in [-0.2, 0) is 0 Å². The van der Waals surface area contributed by atoms with Crippen LogP contribution in [0.25, 0.3) is 0 Å². The lowest BCUT2D eigenvalue weighted by molar-refractivity contribution is 0.209. The summed E-state index contributed by atoms with van der Waals surface area (Å²) >= 11 is 3.28. The van der Waals surface area contributed by atoms with Gasteiger partial charge in [0.15, 0.2) is 0 Å². The van der Waals surface area contributed by atoms with Gasteiger partial charge in [0.1, 0.15) is 23.5 Å². The Hall–Kier alpha value is -1.46. The highest BCUT2D eigenvalue weighted by Gasteiger charge is 2.20. The van der Waals surface area contributed by atoms with E-state index in [1.807, 2.05) is 0 Å². The van der Waals surface area contributed by atoms with Crippen molar-refractivity contribution in [2.45, 2.75) is 13.0 Å². The number of hydrogen-bond acceptors (Lipinski definition) is 2. The van der Waals surface area contributed by atoms with E-state index in [-0.39, 0.29) is 11.1 Å². The van der Waals surface area contributed by atoms with Crippen molar-refractivity contribution in [3.05, 3.63) is 63.1 Å². The second-order valence-electron chi connectivity index (χ2n) is 4.41. The molecule has 20 heavy (non-hydrogen) atoms.